The Morgan fingerprint density at radius 3 is 1.71 bits per heavy atom. The van der Waals surface area contributed by atoms with Gasteiger partial charge < -0.3 is 10.6 Å². The SMILES string of the molecule is C1=Cc2ccc3c(c2[N-]C1)[N-]CC=C3.[Cl][Fe][Cl]. The molecule has 0 aliphatic carbocycles. The van der Waals surface area contributed by atoms with Gasteiger partial charge in [-0.1, -0.05) is 24.3 Å². The van der Waals surface area contributed by atoms with Crippen LogP contribution in [0.1, 0.15) is 11.1 Å². The Bertz CT molecular complexity index is 417. The number of nitrogens with zero attached hydrogens (tertiary/aromatic N) is 2. The van der Waals surface area contributed by atoms with Gasteiger partial charge in [0.25, 0.3) is 0 Å². The molecule has 0 atom stereocenters. The summed E-state index contributed by atoms with van der Waals surface area (Å²) in [6, 6.07) is 4.22. The van der Waals surface area contributed by atoms with E-state index in [9.17, 15) is 0 Å². The summed E-state index contributed by atoms with van der Waals surface area (Å²) in [6.07, 6.45) is 8.40. The molecule has 0 bridgehead atoms. The molecule has 0 amide bonds. The van der Waals surface area contributed by atoms with Crippen molar-refractivity contribution >= 4 is 43.7 Å². The van der Waals surface area contributed by atoms with E-state index in [1.54, 1.807) is 0 Å². The van der Waals surface area contributed by atoms with Crippen LogP contribution in [0.15, 0.2) is 24.3 Å². The average molecular weight is 309 g/mol. The minimum absolute atomic E-state index is 0.194. The van der Waals surface area contributed by atoms with Gasteiger partial charge in [0.1, 0.15) is 0 Å². The molecule has 2 aliphatic rings. The predicted molar refractivity (Wildman–Crippen MR) is 72.0 cm³/mol. The number of fused-ring (bicyclic) bond motifs is 3. The normalized spacial score (nSPS) is 14.9. The fraction of sp³-hybridized carbons (Fsp3) is 0.167. The quantitative estimate of drug-likeness (QED) is 0.595. The Labute approximate surface area is 116 Å². The molecular formula is C12H10Cl2FeN2-2. The molecular weight excluding hydrogens is 299 g/mol. The molecule has 0 saturated carbocycles. The van der Waals surface area contributed by atoms with Crippen molar-refractivity contribution in [3.05, 3.63) is 46.0 Å². The Hall–Kier alpha value is -0.601. The van der Waals surface area contributed by atoms with E-state index >= 15 is 0 Å². The maximum atomic E-state index is 4.76. The van der Waals surface area contributed by atoms with Gasteiger partial charge in [-0.3, -0.25) is 0 Å². The fourth-order valence-corrected chi connectivity index (χ4v) is 1.86. The van der Waals surface area contributed by atoms with Gasteiger partial charge in [0.15, 0.2) is 0 Å². The van der Waals surface area contributed by atoms with Crippen LogP contribution in [0.3, 0.4) is 0 Å². The molecule has 1 aromatic carbocycles. The number of hydrogen-bond donors (Lipinski definition) is 0. The summed E-state index contributed by atoms with van der Waals surface area (Å²) in [5.41, 5.74) is 4.51. The van der Waals surface area contributed by atoms with Crippen molar-refractivity contribution in [2.24, 2.45) is 0 Å². The molecule has 0 aromatic heterocycles. The molecule has 0 fully saturated rings. The zero-order valence-electron chi connectivity index (χ0n) is 8.88. The van der Waals surface area contributed by atoms with Crippen LogP contribution in [0.25, 0.3) is 22.8 Å². The second kappa shape index (κ2) is 6.36. The molecule has 0 unspecified atom stereocenters. The molecule has 92 valence electrons. The first-order valence-electron chi connectivity index (χ1n) is 5.07. The van der Waals surface area contributed by atoms with Crippen LogP contribution in [-0.2, 0) is 13.1 Å². The molecule has 3 rings (SSSR count). The molecule has 2 nitrogen and oxygen atoms in total. The zero-order valence-corrected chi connectivity index (χ0v) is 11.5. The van der Waals surface area contributed by atoms with Crippen LogP contribution < -0.4 is 0 Å². The van der Waals surface area contributed by atoms with E-state index in [0.717, 1.165) is 24.5 Å². The second-order valence-corrected chi connectivity index (χ2v) is 5.30. The number of benzene rings is 1. The van der Waals surface area contributed by atoms with E-state index in [1.807, 2.05) is 0 Å². The summed E-state index contributed by atoms with van der Waals surface area (Å²) in [5, 5.41) is 8.98. The van der Waals surface area contributed by atoms with Gasteiger partial charge in [0.2, 0.25) is 0 Å². The Morgan fingerprint density at radius 1 is 0.882 bits per heavy atom. The van der Waals surface area contributed by atoms with Crippen LogP contribution in [0.2, 0.25) is 0 Å². The van der Waals surface area contributed by atoms with Gasteiger partial charge in [-0.25, -0.2) is 0 Å². The summed E-state index contributed by atoms with van der Waals surface area (Å²) < 4.78 is 0. The molecule has 2 heterocycles. The third-order valence-electron chi connectivity index (χ3n) is 2.52. The van der Waals surface area contributed by atoms with Gasteiger partial charge in [-0.15, -0.1) is 36.6 Å². The van der Waals surface area contributed by atoms with Crippen molar-refractivity contribution < 1.29 is 13.1 Å². The molecule has 0 radical (unpaired) electrons. The third-order valence-corrected chi connectivity index (χ3v) is 2.52. The Balaban J connectivity index is 0.000000329. The van der Waals surface area contributed by atoms with Gasteiger partial charge in [-0.05, 0) is 11.1 Å². The Kier molecular flexibility index (Phi) is 4.81. The fourth-order valence-electron chi connectivity index (χ4n) is 1.86. The average Bonchev–Trinajstić information content (AvgIpc) is 2.40. The summed E-state index contributed by atoms with van der Waals surface area (Å²) in [6.45, 7) is 1.56. The summed E-state index contributed by atoms with van der Waals surface area (Å²) in [4.78, 5) is 0. The van der Waals surface area contributed by atoms with Crippen LogP contribution in [-0.4, -0.2) is 13.1 Å². The van der Waals surface area contributed by atoms with Gasteiger partial charge in [0.05, 0.1) is 0 Å². The van der Waals surface area contributed by atoms with Crippen molar-refractivity contribution in [2.75, 3.05) is 13.1 Å². The standard InChI is InChI=1S/C12H10N2.2ClH.Fe/c1-3-9-5-6-10-4-2-8-14-12(10)11(9)13-7-1;;;/h1-6H,7-8H2;2*1H;/q-2;;;+2/p-2. The molecule has 0 N–H and O–H groups in total. The summed E-state index contributed by atoms with van der Waals surface area (Å²) in [5.74, 6) is 0. The minimum atomic E-state index is 0.194. The van der Waals surface area contributed by atoms with Gasteiger partial charge >= 0.3 is 33.3 Å². The van der Waals surface area contributed by atoms with Gasteiger partial charge in [0, 0.05) is 0 Å². The Morgan fingerprint density at radius 2 is 1.29 bits per heavy atom. The molecule has 0 saturated heterocycles. The van der Waals surface area contributed by atoms with Crippen molar-refractivity contribution in [3.63, 3.8) is 0 Å². The van der Waals surface area contributed by atoms with Crippen molar-refractivity contribution in [2.45, 2.75) is 0 Å². The molecule has 2 aliphatic heterocycles. The van der Waals surface area contributed by atoms with E-state index in [-0.39, 0.29) is 13.1 Å². The second-order valence-electron chi connectivity index (χ2n) is 3.48. The third kappa shape index (κ3) is 2.99. The van der Waals surface area contributed by atoms with Crippen molar-refractivity contribution in [3.8, 4) is 0 Å². The van der Waals surface area contributed by atoms with Crippen LogP contribution in [0.5, 0.6) is 0 Å². The predicted octanol–water partition coefficient (Wildman–Crippen LogP) is 5.13. The monoisotopic (exact) mass is 308 g/mol. The summed E-state index contributed by atoms with van der Waals surface area (Å²) >= 11 is 0.194. The number of halogens is 2. The van der Waals surface area contributed by atoms with Crippen LogP contribution >= 0.6 is 20.2 Å². The first-order valence-corrected chi connectivity index (χ1v) is 8.11. The molecule has 17 heavy (non-hydrogen) atoms. The van der Waals surface area contributed by atoms with E-state index in [1.165, 1.54) is 11.1 Å². The first kappa shape index (κ1) is 12.8. The number of hydrogen-bond acceptors (Lipinski definition) is 0. The molecule has 5 heteroatoms. The summed E-state index contributed by atoms with van der Waals surface area (Å²) in [7, 11) is 9.53. The molecule has 1 aromatic rings. The van der Waals surface area contributed by atoms with E-state index in [0.29, 0.717) is 0 Å². The number of rotatable bonds is 0. The van der Waals surface area contributed by atoms with Gasteiger partial charge in [-0.2, -0.15) is 0 Å². The molecule has 0 spiro atoms. The van der Waals surface area contributed by atoms with Crippen molar-refractivity contribution in [1.29, 1.82) is 0 Å². The van der Waals surface area contributed by atoms with E-state index in [4.69, 9.17) is 20.2 Å². The van der Waals surface area contributed by atoms with Crippen LogP contribution in [0, 0.1) is 0 Å². The van der Waals surface area contributed by atoms with Crippen LogP contribution in [0.4, 0.5) is 11.4 Å². The van der Waals surface area contributed by atoms with E-state index < -0.39 is 0 Å². The first-order chi connectivity index (χ1) is 8.36. The maximum absolute atomic E-state index is 4.76. The van der Waals surface area contributed by atoms with Crippen molar-refractivity contribution in [1.82, 2.24) is 0 Å². The van der Waals surface area contributed by atoms with E-state index in [2.05, 4.69) is 47.1 Å². The topological polar surface area (TPSA) is 28.2 Å². The zero-order chi connectivity index (χ0) is 12.1.